The summed E-state index contributed by atoms with van der Waals surface area (Å²) in [6, 6.07) is 1.45. The quantitative estimate of drug-likeness (QED) is 0.702. The zero-order valence-corrected chi connectivity index (χ0v) is 7.26. The zero-order chi connectivity index (χ0) is 9.14. The molecule has 12 heavy (non-hydrogen) atoms. The smallest absolute Gasteiger partial charge is 0.264 e. The largest absolute Gasteiger partial charge is 0.299 e. The molecule has 1 aromatic rings. The second-order valence-corrected chi connectivity index (χ2v) is 2.74. The Morgan fingerprint density at radius 1 is 1.67 bits per heavy atom. The molecule has 0 fully saturated rings. The minimum Gasteiger partial charge on any atom is -0.299 e. The molecule has 0 aliphatic carbocycles. The number of ketones is 1. The Kier molecular flexibility index (Phi) is 2.47. The third-order valence-electron chi connectivity index (χ3n) is 1.78. The van der Waals surface area contributed by atoms with Crippen molar-refractivity contribution in [1.29, 1.82) is 0 Å². The summed E-state index contributed by atoms with van der Waals surface area (Å²) in [4.78, 5) is 21.8. The van der Waals surface area contributed by atoms with Gasteiger partial charge in [-0.25, -0.2) is 0 Å². The van der Waals surface area contributed by atoms with E-state index in [0.717, 1.165) is 5.69 Å². The van der Waals surface area contributed by atoms with Gasteiger partial charge in [0.05, 0.1) is 0 Å². The molecule has 1 rings (SSSR count). The Hall–Kier alpha value is -1.32. The van der Waals surface area contributed by atoms with Crippen LogP contribution in [0.2, 0.25) is 0 Å². The lowest BCUT2D eigenvalue weighted by atomic mass is 10.2. The molecule has 0 radical (unpaired) electrons. The molecule has 1 N–H and O–H groups in total. The summed E-state index contributed by atoms with van der Waals surface area (Å²) in [6.45, 7) is 1.81. The molecule has 4 nitrogen and oxygen atoms in total. The highest BCUT2D eigenvalue weighted by atomic mass is 16.1. The fourth-order valence-corrected chi connectivity index (χ4v) is 1.01. The number of nitrogens with one attached hydrogen (secondary N) is 1. The number of nitrogens with zero attached hydrogens (tertiary/aromatic N) is 1. The average Bonchev–Trinajstić information content (AvgIpc) is 2.30. The van der Waals surface area contributed by atoms with Gasteiger partial charge >= 0.3 is 0 Å². The van der Waals surface area contributed by atoms with Crippen molar-refractivity contribution in [3.05, 3.63) is 22.1 Å². The van der Waals surface area contributed by atoms with E-state index in [9.17, 15) is 9.59 Å². The molecular weight excluding hydrogens is 156 g/mol. The van der Waals surface area contributed by atoms with E-state index in [4.69, 9.17) is 0 Å². The maximum Gasteiger partial charge on any atom is 0.264 e. The lowest BCUT2D eigenvalue weighted by Crippen LogP contribution is -2.06. The molecular formula is C8H12N2O2. The molecule has 0 saturated heterocycles. The lowest BCUT2D eigenvalue weighted by Gasteiger charge is -1.98. The predicted octanol–water partition coefficient (Wildman–Crippen LogP) is 0.235. The molecule has 0 aliphatic rings. The molecule has 0 amide bonds. The Balaban J connectivity index is 2.82. The summed E-state index contributed by atoms with van der Waals surface area (Å²) in [7, 11) is 1.72. The van der Waals surface area contributed by atoms with Crippen molar-refractivity contribution in [3.8, 4) is 0 Å². The van der Waals surface area contributed by atoms with E-state index in [1.165, 1.54) is 6.07 Å². The Morgan fingerprint density at radius 3 is 2.75 bits per heavy atom. The van der Waals surface area contributed by atoms with Gasteiger partial charge in [-0.1, -0.05) is 6.92 Å². The number of aryl methyl sites for hydroxylation is 1. The van der Waals surface area contributed by atoms with Crippen LogP contribution in [0, 0.1) is 0 Å². The third-order valence-corrected chi connectivity index (χ3v) is 1.78. The lowest BCUT2D eigenvalue weighted by molar-refractivity contribution is -0.118. The van der Waals surface area contributed by atoms with Gasteiger partial charge in [0, 0.05) is 31.6 Å². The van der Waals surface area contributed by atoms with Crippen LogP contribution in [0.3, 0.4) is 0 Å². The first-order valence-corrected chi connectivity index (χ1v) is 3.90. The van der Waals surface area contributed by atoms with Crippen molar-refractivity contribution in [3.63, 3.8) is 0 Å². The van der Waals surface area contributed by atoms with Crippen molar-refractivity contribution in [2.75, 3.05) is 0 Å². The van der Waals surface area contributed by atoms with Crippen LogP contribution in [0.1, 0.15) is 19.0 Å². The number of carbonyl (C=O) groups is 1. The highest BCUT2D eigenvalue weighted by molar-refractivity contribution is 5.80. The summed E-state index contributed by atoms with van der Waals surface area (Å²) < 4.78 is 1.58. The minimum atomic E-state index is -0.156. The molecule has 1 heterocycles. The van der Waals surface area contributed by atoms with Crippen LogP contribution in [0.25, 0.3) is 0 Å². The van der Waals surface area contributed by atoms with E-state index >= 15 is 0 Å². The van der Waals surface area contributed by atoms with Crippen LogP contribution >= 0.6 is 0 Å². The standard InChI is InChI=1S/C8H12N2O2/c1-3-7(11)4-6-5-8(12)9-10(6)2/h5H,3-4H2,1-2H3,(H,9,12). The molecule has 66 valence electrons. The van der Waals surface area contributed by atoms with Crippen molar-refractivity contribution in [1.82, 2.24) is 9.78 Å². The second-order valence-electron chi connectivity index (χ2n) is 2.74. The third kappa shape index (κ3) is 1.84. The first-order valence-electron chi connectivity index (χ1n) is 3.90. The normalized spacial score (nSPS) is 10.2. The van der Waals surface area contributed by atoms with Crippen LogP contribution in [0.5, 0.6) is 0 Å². The topological polar surface area (TPSA) is 54.9 Å². The van der Waals surface area contributed by atoms with Gasteiger partial charge in [-0.15, -0.1) is 0 Å². The molecule has 0 atom stereocenters. The first kappa shape index (κ1) is 8.77. The van der Waals surface area contributed by atoms with Gasteiger partial charge in [-0.05, 0) is 0 Å². The monoisotopic (exact) mass is 168 g/mol. The van der Waals surface area contributed by atoms with Crippen LogP contribution in [-0.2, 0) is 18.3 Å². The van der Waals surface area contributed by atoms with E-state index in [2.05, 4.69) is 5.10 Å². The number of rotatable bonds is 3. The molecule has 1 aromatic heterocycles. The van der Waals surface area contributed by atoms with Gasteiger partial charge in [0.1, 0.15) is 5.78 Å². The van der Waals surface area contributed by atoms with Crippen LogP contribution in [0.15, 0.2) is 10.9 Å². The number of hydrogen-bond donors (Lipinski definition) is 1. The number of H-pyrrole nitrogens is 1. The minimum absolute atomic E-state index is 0.143. The summed E-state index contributed by atoms with van der Waals surface area (Å²) in [5.41, 5.74) is 0.586. The fourth-order valence-electron chi connectivity index (χ4n) is 1.01. The molecule has 0 unspecified atom stereocenters. The molecule has 4 heteroatoms. The Bertz CT molecular complexity index is 335. The summed E-state index contributed by atoms with van der Waals surface area (Å²) in [5.74, 6) is 0.143. The molecule has 0 bridgehead atoms. The highest BCUT2D eigenvalue weighted by Crippen LogP contribution is 1.96. The van der Waals surface area contributed by atoms with Gasteiger partial charge in [-0.3, -0.25) is 19.4 Å². The zero-order valence-electron chi connectivity index (χ0n) is 7.26. The first-order chi connectivity index (χ1) is 5.63. The Morgan fingerprint density at radius 2 is 2.33 bits per heavy atom. The summed E-state index contributed by atoms with van der Waals surface area (Å²) >= 11 is 0. The number of Topliss-reactive ketones (excluding diaryl/α,β-unsaturated/α-hetero) is 1. The second kappa shape index (κ2) is 3.38. The van der Waals surface area contributed by atoms with Crippen molar-refractivity contribution in [2.24, 2.45) is 7.05 Å². The average molecular weight is 168 g/mol. The van der Waals surface area contributed by atoms with Crippen molar-refractivity contribution in [2.45, 2.75) is 19.8 Å². The van der Waals surface area contributed by atoms with Crippen molar-refractivity contribution >= 4 is 5.78 Å². The SMILES string of the molecule is CCC(=O)Cc1cc(=O)[nH]n1C. The number of hydrogen-bond acceptors (Lipinski definition) is 2. The maximum atomic E-state index is 11.0. The van der Waals surface area contributed by atoms with E-state index in [-0.39, 0.29) is 11.3 Å². The van der Waals surface area contributed by atoms with Gasteiger partial charge in [0.25, 0.3) is 5.56 Å². The number of carbonyl (C=O) groups excluding carboxylic acids is 1. The van der Waals surface area contributed by atoms with Crippen molar-refractivity contribution < 1.29 is 4.79 Å². The predicted molar refractivity (Wildman–Crippen MR) is 45.0 cm³/mol. The summed E-state index contributed by atoms with van der Waals surface area (Å²) in [5, 5.41) is 2.55. The fraction of sp³-hybridized carbons (Fsp3) is 0.500. The molecule has 0 aromatic carbocycles. The van der Waals surface area contributed by atoms with Gasteiger partial charge in [0.15, 0.2) is 0 Å². The van der Waals surface area contributed by atoms with Gasteiger partial charge < -0.3 is 0 Å². The summed E-state index contributed by atoms with van der Waals surface area (Å²) in [6.07, 6.45) is 0.852. The molecule has 0 spiro atoms. The number of aromatic nitrogens is 2. The van der Waals surface area contributed by atoms with E-state index in [0.29, 0.717) is 12.8 Å². The van der Waals surface area contributed by atoms with E-state index in [1.54, 1.807) is 11.7 Å². The van der Waals surface area contributed by atoms with Crippen LogP contribution in [-0.4, -0.2) is 15.6 Å². The number of aromatic amines is 1. The van der Waals surface area contributed by atoms with E-state index < -0.39 is 0 Å². The molecule has 0 aliphatic heterocycles. The maximum absolute atomic E-state index is 11.0. The van der Waals surface area contributed by atoms with E-state index in [1.807, 2.05) is 6.92 Å². The van der Waals surface area contributed by atoms with Gasteiger partial charge in [-0.2, -0.15) is 0 Å². The van der Waals surface area contributed by atoms with Gasteiger partial charge in [0.2, 0.25) is 0 Å². The van der Waals surface area contributed by atoms with Crippen LogP contribution in [0.4, 0.5) is 0 Å². The highest BCUT2D eigenvalue weighted by Gasteiger charge is 2.05. The molecule has 0 saturated carbocycles. The Labute approximate surface area is 70.2 Å². The van der Waals surface area contributed by atoms with Crippen LogP contribution < -0.4 is 5.56 Å².